The van der Waals surface area contributed by atoms with Crippen molar-refractivity contribution in [2.24, 2.45) is 0 Å². The van der Waals surface area contributed by atoms with Gasteiger partial charge in [0.15, 0.2) is 0 Å². The number of hydrogen-bond acceptors (Lipinski definition) is 4. The normalized spacial score (nSPS) is 17.8. The number of carbonyl (C=O) groups is 1. The minimum atomic E-state index is -0.935. The lowest BCUT2D eigenvalue weighted by Crippen LogP contribution is -2.24. The Morgan fingerprint density at radius 3 is 2.74 bits per heavy atom. The van der Waals surface area contributed by atoms with Crippen LogP contribution >= 0.6 is 24.0 Å². The molecule has 1 aliphatic heterocycles. The third kappa shape index (κ3) is 3.58. The number of nitrogens with one attached hydrogen (secondary N) is 1. The maximum Gasteiger partial charge on any atom is 0.337 e. The number of para-hydroxylation sites is 1. The molecule has 0 fully saturated rings. The minimum Gasteiger partial charge on any atom is -0.478 e. The highest BCUT2D eigenvalue weighted by molar-refractivity contribution is 8.24. The van der Waals surface area contributed by atoms with Crippen molar-refractivity contribution in [1.29, 1.82) is 0 Å². The van der Waals surface area contributed by atoms with E-state index in [1.54, 1.807) is 30.0 Å². The summed E-state index contributed by atoms with van der Waals surface area (Å²) < 4.78 is 0.860. The Morgan fingerprint density at radius 2 is 2.11 bits per heavy atom. The van der Waals surface area contributed by atoms with E-state index in [1.165, 1.54) is 0 Å². The van der Waals surface area contributed by atoms with Crippen molar-refractivity contribution in [2.45, 2.75) is 25.0 Å². The van der Waals surface area contributed by atoms with Crippen LogP contribution in [0.25, 0.3) is 0 Å². The fourth-order valence-corrected chi connectivity index (χ4v) is 3.81. The lowest BCUT2D eigenvalue weighted by Gasteiger charge is -2.30. The molecule has 0 spiro atoms. The summed E-state index contributed by atoms with van der Waals surface area (Å²) in [4.78, 5) is 11.2. The third-order valence-corrected chi connectivity index (χ3v) is 4.12. The highest BCUT2D eigenvalue weighted by Crippen LogP contribution is 2.37. The zero-order chi connectivity index (χ0) is 14.0. The van der Waals surface area contributed by atoms with Gasteiger partial charge in [0.05, 0.1) is 15.4 Å². The van der Waals surface area contributed by atoms with Crippen molar-refractivity contribution in [3.63, 3.8) is 0 Å². The van der Waals surface area contributed by atoms with Gasteiger partial charge in [-0.05, 0) is 32.1 Å². The number of anilines is 1. The second-order valence-corrected chi connectivity index (χ2v) is 7.45. The molecule has 0 aliphatic carbocycles. The van der Waals surface area contributed by atoms with Crippen LogP contribution in [0.5, 0.6) is 0 Å². The van der Waals surface area contributed by atoms with E-state index in [1.807, 2.05) is 12.1 Å². The van der Waals surface area contributed by atoms with Crippen LogP contribution in [-0.4, -0.2) is 20.0 Å². The zero-order valence-electron chi connectivity index (χ0n) is 10.8. The number of rotatable bonds is 3. The Bertz CT molecular complexity index is 564. The van der Waals surface area contributed by atoms with Gasteiger partial charge in [0.1, 0.15) is 0 Å². The van der Waals surface area contributed by atoms with Crippen molar-refractivity contribution in [3.8, 4) is 0 Å². The standard InChI is InChI=1S/C14H15NO2S2/c1-14(2)8-9(7-12(18)19-14)15-11-6-4-3-5-10(11)13(16)17/h3-7,15H,8H2,1-2H3,(H,16,17). The van der Waals surface area contributed by atoms with Crippen LogP contribution in [-0.2, 0) is 0 Å². The average Bonchev–Trinajstić information content (AvgIpc) is 2.26. The maximum atomic E-state index is 11.2. The van der Waals surface area contributed by atoms with E-state index in [0.717, 1.165) is 16.3 Å². The molecule has 1 aromatic rings. The molecule has 0 amide bonds. The Hall–Kier alpha value is -1.33. The molecule has 3 nitrogen and oxygen atoms in total. The molecule has 0 bridgehead atoms. The number of carboxylic acid groups (broad SMARTS) is 1. The molecule has 0 unspecified atom stereocenters. The van der Waals surface area contributed by atoms with Gasteiger partial charge in [-0.2, -0.15) is 0 Å². The molecule has 19 heavy (non-hydrogen) atoms. The van der Waals surface area contributed by atoms with Crippen LogP contribution in [0.3, 0.4) is 0 Å². The first-order valence-electron chi connectivity index (χ1n) is 5.90. The summed E-state index contributed by atoms with van der Waals surface area (Å²) in [5.74, 6) is -0.935. The van der Waals surface area contributed by atoms with Crippen molar-refractivity contribution < 1.29 is 9.90 Å². The molecular formula is C14H15NO2S2. The molecule has 100 valence electrons. The largest absolute Gasteiger partial charge is 0.478 e. The van der Waals surface area contributed by atoms with E-state index in [0.29, 0.717) is 5.69 Å². The fourth-order valence-electron chi connectivity index (χ4n) is 2.02. The Morgan fingerprint density at radius 1 is 1.42 bits per heavy atom. The highest BCUT2D eigenvalue weighted by atomic mass is 32.2. The highest BCUT2D eigenvalue weighted by Gasteiger charge is 2.27. The summed E-state index contributed by atoms with van der Waals surface area (Å²) in [6, 6.07) is 6.89. The van der Waals surface area contributed by atoms with Gasteiger partial charge < -0.3 is 10.4 Å². The number of thioether (sulfide) groups is 1. The Labute approximate surface area is 122 Å². The molecule has 0 atom stereocenters. The number of carboxylic acids is 1. The van der Waals surface area contributed by atoms with Crippen molar-refractivity contribution >= 4 is 39.8 Å². The Kier molecular flexibility index (Phi) is 3.96. The lowest BCUT2D eigenvalue weighted by molar-refractivity contribution is 0.0698. The SMILES string of the molecule is CC1(C)CC(Nc2ccccc2C(=O)O)=CC(=S)S1. The molecule has 0 radical (unpaired) electrons. The first-order valence-corrected chi connectivity index (χ1v) is 7.13. The van der Waals surface area contributed by atoms with Crippen LogP contribution in [0.1, 0.15) is 30.6 Å². The first-order chi connectivity index (χ1) is 8.87. The predicted octanol–water partition coefficient (Wildman–Crippen LogP) is 3.92. The second-order valence-electron chi connectivity index (χ2n) is 5.00. The number of hydrogen-bond donors (Lipinski definition) is 2. The van der Waals surface area contributed by atoms with E-state index < -0.39 is 5.97 Å². The summed E-state index contributed by atoms with van der Waals surface area (Å²) >= 11 is 6.93. The maximum absolute atomic E-state index is 11.2. The fraction of sp³-hybridized carbons (Fsp3) is 0.286. The first kappa shape index (κ1) is 14.1. The van der Waals surface area contributed by atoms with Gasteiger partial charge in [-0.15, -0.1) is 11.8 Å². The Balaban J connectivity index is 2.27. The van der Waals surface area contributed by atoms with Crippen LogP contribution in [0, 0.1) is 0 Å². The molecule has 1 heterocycles. The van der Waals surface area contributed by atoms with Crippen LogP contribution in [0.4, 0.5) is 5.69 Å². The monoisotopic (exact) mass is 293 g/mol. The minimum absolute atomic E-state index is 0.0341. The van der Waals surface area contributed by atoms with E-state index in [9.17, 15) is 4.79 Å². The topological polar surface area (TPSA) is 49.3 Å². The van der Waals surface area contributed by atoms with E-state index in [2.05, 4.69) is 19.2 Å². The summed E-state index contributed by atoms with van der Waals surface area (Å²) in [7, 11) is 0. The van der Waals surface area contributed by atoms with Gasteiger partial charge in [0.2, 0.25) is 0 Å². The molecule has 1 aromatic carbocycles. The summed E-state index contributed by atoms with van der Waals surface area (Å²) in [5.41, 5.74) is 1.83. The van der Waals surface area contributed by atoms with Crippen molar-refractivity contribution in [2.75, 3.05) is 5.32 Å². The third-order valence-electron chi connectivity index (χ3n) is 2.74. The van der Waals surface area contributed by atoms with Crippen LogP contribution in [0.15, 0.2) is 36.0 Å². The second kappa shape index (κ2) is 5.35. The van der Waals surface area contributed by atoms with E-state index in [4.69, 9.17) is 17.3 Å². The average molecular weight is 293 g/mol. The van der Waals surface area contributed by atoms with Crippen molar-refractivity contribution in [1.82, 2.24) is 0 Å². The number of benzene rings is 1. The number of thiocarbonyl (C=S) groups is 1. The van der Waals surface area contributed by atoms with E-state index >= 15 is 0 Å². The zero-order valence-corrected chi connectivity index (χ0v) is 12.4. The molecule has 1 aliphatic rings. The molecule has 0 saturated carbocycles. The van der Waals surface area contributed by atoms with Crippen LogP contribution < -0.4 is 5.32 Å². The molecular weight excluding hydrogens is 278 g/mol. The van der Waals surface area contributed by atoms with Gasteiger partial charge in [-0.1, -0.05) is 24.4 Å². The lowest BCUT2D eigenvalue weighted by atomic mass is 10.1. The smallest absolute Gasteiger partial charge is 0.337 e. The van der Waals surface area contributed by atoms with Gasteiger partial charge in [-0.3, -0.25) is 0 Å². The molecule has 0 aromatic heterocycles. The van der Waals surface area contributed by atoms with Gasteiger partial charge >= 0.3 is 5.97 Å². The summed E-state index contributed by atoms with van der Waals surface area (Å²) in [6.45, 7) is 4.25. The van der Waals surface area contributed by atoms with Crippen LogP contribution in [0.2, 0.25) is 0 Å². The van der Waals surface area contributed by atoms with Gasteiger partial charge in [-0.25, -0.2) is 4.79 Å². The van der Waals surface area contributed by atoms with E-state index in [-0.39, 0.29) is 10.3 Å². The number of allylic oxidation sites excluding steroid dienone is 1. The molecule has 2 rings (SSSR count). The summed E-state index contributed by atoms with van der Waals surface area (Å²) in [6.07, 6.45) is 2.73. The quantitative estimate of drug-likeness (QED) is 0.827. The predicted molar refractivity (Wildman–Crippen MR) is 84.0 cm³/mol. The van der Waals surface area contributed by atoms with Gasteiger partial charge in [0.25, 0.3) is 0 Å². The van der Waals surface area contributed by atoms with Crippen molar-refractivity contribution in [3.05, 3.63) is 41.6 Å². The molecule has 0 saturated heterocycles. The molecule has 2 N–H and O–H groups in total. The molecule has 5 heteroatoms. The summed E-state index contributed by atoms with van der Waals surface area (Å²) in [5, 5.41) is 12.4. The van der Waals surface area contributed by atoms with Gasteiger partial charge in [0, 0.05) is 16.9 Å². The number of aromatic carboxylic acids is 1.